The average molecular weight is 474 g/mol. The number of carbonyl (C=O) groups is 1. The third kappa shape index (κ3) is 5.46. The molecule has 33 heavy (non-hydrogen) atoms. The van der Waals surface area contributed by atoms with E-state index in [-0.39, 0.29) is 24.0 Å². The number of carbonyl (C=O) groups excluding carboxylic acids is 1. The Morgan fingerprint density at radius 2 is 1.82 bits per heavy atom. The maximum absolute atomic E-state index is 13.3. The molecule has 1 aliphatic rings. The van der Waals surface area contributed by atoms with E-state index >= 15 is 0 Å². The number of methoxy groups -OCH3 is 1. The minimum atomic E-state index is -0.353. The molecule has 0 saturated carbocycles. The van der Waals surface area contributed by atoms with Gasteiger partial charge < -0.3 is 18.9 Å². The van der Waals surface area contributed by atoms with Crippen molar-refractivity contribution in [1.82, 2.24) is 15.0 Å². The molecule has 1 aromatic heterocycles. The third-order valence-corrected chi connectivity index (χ3v) is 6.05. The lowest BCUT2D eigenvalue weighted by atomic mass is 10.1. The normalized spacial score (nSPS) is 14.4. The highest BCUT2D eigenvalue weighted by atomic mass is 35.5. The molecule has 0 radical (unpaired) electrons. The number of piperazine rings is 1. The Labute approximate surface area is 196 Å². The van der Waals surface area contributed by atoms with Crippen LogP contribution in [0.3, 0.4) is 0 Å². The van der Waals surface area contributed by atoms with Gasteiger partial charge >= 0.3 is 0 Å². The van der Waals surface area contributed by atoms with E-state index in [9.17, 15) is 9.18 Å². The quantitative estimate of drug-likeness (QED) is 0.509. The van der Waals surface area contributed by atoms with Gasteiger partial charge in [-0.05, 0) is 48.9 Å². The first-order valence-corrected chi connectivity index (χ1v) is 11.0. The van der Waals surface area contributed by atoms with E-state index in [0.29, 0.717) is 54.8 Å². The van der Waals surface area contributed by atoms with Crippen LogP contribution in [0.2, 0.25) is 5.02 Å². The second-order valence-corrected chi connectivity index (χ2v) is 8.24. The van der Waals surface area contributed by atoms with Crippen LogP contribution in [0.1, 0.15) is 27.4 Å². The van der Waals surface area contributed by atoms with Gasteiger partial charge in [0, 0.05) is 37.7 Å². The molecule has 1 saturated heterocycles. The van der Waals surface area contributed by atoms with Crippen LogP contribution in [0.4, 0.5) is 4.39 Å². The van der Waals surface area contributed by atoms with Crippen molar-refractivity contribution < 1.29 is 23.2 Å². The lowest BCUT2D eigenvalue weighted by Gasteiger charge is -2.34. The monoisotopic (exact) mass is 473 g/mol. The standard InChI is InChI=1S/C24H25ClFN3O4/c1-16-21(15-32-20-7-5-19(31-2)6-8-20)23(27-33-16)24(30)29-11-9-28(10-12-29)14-17-3-4-18(26)13-22(17)25/h3-8,13H,9-12,14-15H2,1-2H3. The summed E-state index contributed by atoms with van der Waals surface area (Å²) in [5.74, 6) is 1.41. The Morgan fingerprint density at radius 1 is 1.12 bits per heavy atom. The largest absolute Gasteiger partial charge is 0.497 e. The van der Waals surface area contributed by atoms with Crippen molar-refractivity contribution in [3.05, 3.63) is 75.9 Å². The number of amides is 1. The number of aromatic nitrogens is 1. The molecule has 0 atom stereocenters. The molecule has 1 amide bonds. The summed E-state index contributed by atoms with van der Waals surface area (Å²) in [6.45, 7) is 4.98. The third-order valence-electron chi connectivity index (χ3n) is 5.70. The molecule has 0 N–H and O–H groups in total. The van der Waals surface area contributed by atoms with Crippen molar-refractivity contribution in [1.29, 1.82) is 0 Å². The van der Waals surface area contributed by atoms with Crippen molar-refractivity contribution in [3.63, 3.8) is 0 Å². The van der Waals surface area contributed by atoms with Gasteiger partial charge in [-0.1, -0.05) is 22.8 Å². The fourth-order valence-electron chi connectivity index (χ4n) is 3.71. The maximum Gasteiger partial charge on any atom is 0.276 e. The van der Waals surface area contributed by atoms with Gasteiger partial charge in [0.25, 0.3) is 5.91 Å². The van der Waals surface area contributed by atoms with Gasteiger partial charge in [0.2, 0.25) is 0 Å². The Balaban J connectivity index is 1.35. The van der Waals surface area contributed by atoms with E-state index in [1.54, 1.807) is 49.3 Å². The topological polar surface area (TPSA) is 68.0 Å². The summed E-state index contributed by atoms with van der Waals surface area (Å²) < 4.78 is 29.6. The summed E-state index contributed by atoms with van der Waals surface area (Å²) in [6, 6.07) is 11.6. The number of hydrogen-bond donors (Lipinski definition) is 0. The summed E-state index contributed by atoms with van der Waals surface area (Å²) in [7, 11) is 1.60. The van der Waals surface area contributed by atoms with Gasteiger partial charge in [-0.3, -0.25) is 9.69 Å². The molecular weight excluding hydrogens is 449 g/mol. The van der Waals surface area contributed by atoms with Crippen LogP contribution >= 0.6 is 11.6 Å². The van der Waals surface area contributed by atoms with E-state index in [1.807, 2.05) is 0 Å². The molecule has 7 nitrogen and oxygen atoms in total. The van der Waals surface area contributed by atoms with Gasteiger partial charge in [0.05, 0.1) is 12.7 Å². The second-order valence-electron chi connectivity index (χ2n) is 7.83. The van der Waals surface area contributed by atoms with E-state index in [2.05, 4.69) is 10.1 Å². The Morgan fingerprint density at radius 3 is 2.48 bits per heavy atom. The first-order chi connectivity index (χ1) is 15.9. The molecule has 174 valence electrons. The summed E-state index contributed by atoms with van der Waals surface area (Å²) in [5.41, 5.74) is 1.77. The predicted octanol–water partition coefficient (Wildman–Crippen LogP) is 4.32. The molecule has 0 bridgehead atoms. The van der Waals surface area contributed by atoms with E-state index < -0.39 is 0 Å². The first kappa shape index (κ1) is 23.1. The fourth-order valence-corrected chi connectivity index (χ4v) is 3.93. The van der Waals surface area contributed by atoms with Crippen LogP contribution in [0.25, 0.3) is 0 Å². The number of benzene rings is 2. The van der Waals surface area contributed by atoms with Crippen LogP contribution in [0.5, 0.6) is 11.5 Å². The summed E-state index contributed by atoms with van der Waals surface area (Å²) in [6.07, 6.45) is 0. The van der Waals surface area contributed by atoms with Gasteiger partial charge in [-0.25, -0.2) is 4.39 Å². The van der Waals surface area contributed by atoms with Crippen LogP contribution in [0.15, 0.2) is 47.0 Å². The van der Waals surface area contributed by atoms with Crippen molar-refractivity contribution in [2.45, 2.75) is 20.1 Å². The van der Waals surface area contributed by atoms with Crippen LogP contribution < -0.4 is 9.47 Å². The number of aryl methyl sites for hydroxylation is 1. The first-order valence-electron chi connectivity index (χ1n) is 10.6. The zero-order valence-electron chi connectivity index (χ0n) is 18.5. The number of ether oxygens (including phenoxy) is 2. The minimum Gasteiger partial charge on any atom is -0.497 e. The molecule has 1 aliphatic heterocycles. The molecule has 0 unspecified atom stereocenters. The minimum absolute atomic E-state index is 0.172. The van der Waals surface area contributed by atoms with E-state index in [1.165, 1.54) is 12.1 Å². The van der Waals surface area contributed by atoms with E-state index in [0.717, 1.165) is 11.3 Å². The van der Waals surface area contributed by atoms with Gasteiger partial charge in [-0.15, -0.1) is 0 Å². The number of nitrogens with zero attached hydrogens (tertiary/aromatic N) is 3. The summed E-state index contributed by atoms with van der Waals surface area (Å²) >= 11 is 6.15. The maximum atomic E-state index is 13.3. The summed E-state index contributed by atoms with van der Waals surface area (Å²) in [4.78, 5) is 17.1. The van der Waals surface area contributed by atoms with Crippen LogP contribution in [-0.2, 0) is 13.2 Å². The molecule has 2 heterocycles. The highest BCUT2D eigenvalue weighted by molar-refractivity contribution is 6.31. The molecule has 0 aliphatic carbocycles. The highest BCUT2D eigenvalue weighted by Gasteiger charge is 2.28. The van der Waals surface area contributed by atoms with Crippen LogP contribution in [-0.4, -0.2) is 54.2 Å². The second kappa shape index (κ2) is 10.2. The van der Waals surface area contributed by atoms with Crippen molar-refractivity contribution in [2.75, 3.05) is 33.3 Å². The van der Waals surface area contributed by atoms with Gasteiger partial charge in [-0.2, -0.15) is 0 Å². The van der Waals surface area contributed by atoms with Crippen molar-refractivity contribution in [3.8, 4) is 11.5 Å². The molecule has 9 heteroatoms. The fraction of sp³-hybridized carbons (Fsp3) is 0.333. The molecule has 1 fully saturated rings. The lowest BCUT2D eigenvalue weighted by Crippen LogP contribution is -2.48. The van der Waals surface area contributed by atoms with Crippen molar-refractivity contribution in [2.24, 2.45) is 0 Å². The number of halogens is 2. The SMILES string of the molecule is COc1ccc(OCc2c(C(=O)N3CCN(Cc4ccc(F)cc4Cl)CC3)noc2C)cc1. The smallest absolute Gasteiger partial charge is 0.276 e. The predicted molar refractivity (Wildman–Crippen MR) is 121 cm³/mol. The van der Waals surface area contributed by atoms with Crippen molar-refractivity contribution >= 4 is 17.5 Å². The summed E-state index contributed by atoms with van der Waals surface area (Å²) in [5, 5.41) is 4.41. The molecule has 3 aromatic rings. The Kier molecular flexibility index (Phi) is 7.15. The zero-order chi connectivity index (χ0) is 23.4. The highest BCUT2D eigenvalue weighted by Crippen LogP contribution is 2.23. The van der Waals surface area contributed by atoms with Gasteiger partial charge in [0.1, 0.15) is 29.7 Å². The van der Waals surface area contributed by atoms with Gasteiger partial charge in [0.15, 0.2) is 5.69 Å². The lowest BCUT2D eigenvalue weighted by molar-refractivity contribution is 0.0616. The number of rotatable bonds is 7. The van der Waals surface area contributed by atoms with E-state index in [4.69, 9.17) is 25.6 Å². The molecular formula is C24H25ClFN3O4. The average Bonchev–Trinajstić information content (AvgIpc) is 3.20. The van der Waals surface area contributed by atoms with Crippen LogP contribution in [0, 0.1) is 12.7 Å². The Hall–Kier alpha value is -3.10. The molecule has 4 rings (SSSR count). The Bertz CT molecular complexity index is 1110. The number of hydrogen-bond acceptors (Lipinski definition) is 6. The molecule has 2 aromatic carbocycles. The zero-order valence-corrected chi connectivity index (χ0v) is 19.3. The molecule has 0 spiro atoms.